The Morgan fingerprint density at radius 1 is 0.800 bits per heavy atom. The SMILES string of the molecule is Cc1c(OC(=O)CCCCOc2ccc(C[C@H](NC(=O)OC(C)(C)C)C(=O)OC(C)(C)C)cc2)cccc1C(=O)N[C@@H](CSc1ccccc1)[C@H](O)CN1C[C@H]2CCCCC2C[C@H]1C(=O)NC(C)(C)C. The lowest BCUT2D eigenvalue weighted by Crippen LogP contribution is -2.60. The van der Waals surface area contributed by atoms with Crippen LogP contribution in [0.4, 0.5) is 4.79 Å². The number of aliphatic hydroxyl groups excluding tert-OH is 1. The van der Waals surface area contributed by atoms with Gasteiger partial charge in [-0.1, -0.05) is 55.7 Å². The smallest absolute Gasteiger partial charge is 0.408 e. The van der Waals surface area contributed by atoms with E-state index in [1.54, 1.807) is 90.6 Å². The number of rotatable bonds is 20. The van der Waals surface area contributed by atoms with Crippen LogP contribution in [0.15, 0.2) is 77.7 Å². The molecule has 2 fully saturated rings. The molecule has 5 rings (SSSR count). The first-order chi connectivity index (χ1) is 32.9. The van der Waals surface area contributed by atoms with Gasteiger partial charge in [0.2, 0.25) is 5.91 Å². The number of alkyl carbamates (subject to hydrolysis) is 1. The molecular formula is C55H78N4O10S. The Morgan fingerprint density at radius 3 is 2.13 bits per heavy atom. The molecule has 1 saturated heterocycles. The van der Waals surface area contributed by atoms with Crippen molar-refractivity contribution in [3.8, 4) is 11.5 Å². The fourth-order valence-corrected chi connectivity index (χ4v) is 9.90. The molecule has 0 spiro atoms. The molecule has 0 bridgehead atoms. The fraction of sp³-hybridized carbons (Fsp3) is 0.582. The molecule has 4 N–H and O–H groups in total. The quantitative estimate of drug-likeness (QED) is 0.0366. The van der Waals surface area contributed by atoms with E-state index in [2.05, 4.69) is 20.9 Å². The number of hydrogen-bond donors (Lipinski definition) is 4. The van der Waals surface area contributed by atoms with Crippen LogP contribution >= 0.6 is 11.8 Å². The second kappa shape index (κ2) is 25.3. The highest BCUT2D eigenvalue weighted by Crippen LogP contribution is 2.39. The second-order valence-electron chi connectivity index (χ2n) is 21.8. The highest BCUT2D eigenvalue weighted by Gasteiger charge is 2.42. The zero-order valence-corrected chi connectivity index (χ0v) is 43.9. The normalized spacial score (nSPS) is 18.8. The molecule has 3 aromatic rings. The molecule has 384 valence electrons. The monoisotopic (exact) mass is 987 g/mol. The molecule has 0 aromatic heterocycles. The van der Waals surface area contributed by atoms with Crippen molar-refractivity contribution in [1.29, 1.82) is 0 Å². The average molecular weight is 987 g/mol. The molecule has 1 heterocycles. The first-order valence-electron chi connectivity index (χ1n) is 24.9. The van der Waals surface area contributed by atoms with Crippen LogP contribution in [-0.4, -0.2) is 106 Å². The maximum atomic E-state index is 14.1. The Bertz CT molecular complexity index is 2200. The summed E-state index contributed by atoms with van der Waals surface area (Å²) in [4.78, 5) is 69.6. The molecule has 0 radical (unpaired) electrons. The zero-order valence-electron chi connectivity index (χ0n) is 43.1. The van der Waals surface area contributed by atoms with Gasteiger partial charge in [-0.15, -0.1) is 11.8 Å². The molecule has 6 atom stereocenters. The molecule has 1 saturated carbocycles. The van der Waals surface area contributed by atoms with E-state index in [-0.39, 0.29) is 37.1 Å². The van der Waals surface area contributed by atoms with E-state index in [0.29, 0.717) is 53.9 Å². The van der Waals surface area contributed by atoms with Crippen LogP contribution in [0, 0.1) is 18.8 Å². The van der Waals surface area contributed by atoms with Crippen molar-refractivity contribution in [3.05, 3.63) is 89.5 Å². The van der Waals surface area contributed by atoms with Crippen molar-refractivity contribution in [3.63, 3.8) is 0 Å². The highest BCUT2D eigenvalue weighted by atomic mass is 32.2. The molecule has 14 nitrogen and oxygen atoms in total. The predicted octanol–water partition coefficient (Wildman–Crippen LogP) is 8.97. The summed E-state index contributed by atoms with van der Waals surface area (Å²) in [5.41, 5.74) is -0.266. The van der Waals surface area contributed by atoms with Gasteiger partial charge in [0.05, 0.1) is 24.8 Å². The minimum atomic E-state index is -0.978. The third-order valence-electron chi connectivity index (χ3n) is 12.2. The van der Waals surface area contributed by atoms with Crippen molar-refractivity contribution in [2.45, 2.75) is 173 Å². The third kappa shape index (κ3) is 18.6. The van der Waals surface area contributed by atoms with Gasteiger partial charge >= 0.3 is 18.0 Å². The standard InChI is InChI=1S/C55H78N4O10S/c1-36-42(49(62)56-44(35-70-41-21-12-11-13-22-41)46(60)34-59-33-39-20-15-14-19-38(39)32-45(59)50(63)58-53(2,3)4)23-18-24-47(36)67-48(61)25-16-17-30-66-40-28-26-37(27-29-40)31-43(51(64)68-54(5,6)7)57-52(65)69-55(8,9)10/h11-13,18,21-24,26-29,38-39,43-46,60H,14-17,19-20,25,30-35H2,1-10H3,(H,56,62)(H,57,65)(H,58,63)/t38?,39-,43+,44+,45+,46-/m1/s1. The molecule has 2 aliphatic rings. The van der Waals surface area contributed by atoms with E-state index < -0.39 is 58.9 Å². The number of fused-ring (bicyclic) bond motifs is 1. The number of carbonyl (C=O) groups is 5. The topological polar surface area (TPSA) is 182 Å². The number of benzene rings is 3. The number of piperidine rings is 1. The minimum Gasteiger partial charge on any atom is -0.494 e. The van der Waals surface area contributed by atoms with Crippen LogP contribution in [0.1, 0.15) is 135 Å². The lowest BCUT2D eigenvalue weighted by molar-refractivity contribution is -0.157. The molecular weight excluding hydrogens is 909 g/mol. The van der Waals surface area contributed by atoms with E-state index >= 15 is 0 Å². The van der Waals surface area contributed by atoms with Gasteiger partial charge in [0.1, 0.15) is 28.7 Å². The molecule has 1 aliphatic carbocycles. The summed E-state index contributed by atoms with van der Waals surface area (Å²) in [5, 5.41) is 21.0. The minimum absolute atomic E-state index is 0.0257. The van der Waals surface area contributed by atoms with Crippen molar-refractivity contribution in [1.82, 2.24) is 20.9 Å². The third-order valence-corrected chi connectivity index (χ3v) is 13.4. The number of ether oxygens (including phenoxy) is 4. The first kappa shape index (κ1) is 55.8. The second-order valence-corrected chi connectivity index (χ2v) is 22.9. The van der Waals surface area contributed by atoms with Crippen LogP contribution in [-0.2, 0) is 30.3 Å². The van der Waals surface area contributed by atoms with Crippen LogP contribution in [0.25, 0.3) is 0 Å². The largest absolute Gasteiger partial charge is 0.494 e. The molecule has 3 aromatic carbocycles. The Kier molecular flexibility index (Phi) is 20.2. The van der Waals surface area contributed by atoms with E-state index in [1.807, 2.05) is 63.2 Å². The number of carbonyl (C=O) groups excluding carboxylic acids is 5. The van der Waals surface area contributed by atoms with Gasteiger partial charge in [-0.05, 0) is 149 Å². The number of amides is 3. The van der Waals surface area contributed by atoms with Gasteiger partial charge in [0.25, 0.3) is 5.91 Å². The number of β-amino-alcohol motifs (C(OH)–C–C–N with tert-alkyl or cyclic N) is 1. The summed E-state index contributed by atoms with van der Waals surface area (Å²) in [6, 6.07) is 20.0. The number of nitrogens with one attached hydrogen (secondary N) is 3. The predicted molar refractivity (Wildman–Crippen MR) is 273 cm³/mol. The Morgan fingerprint density at radius 2 is 1.47 bits per heavy atom. The number of likely N-dealkylation sites (tertiary alicyclic amines) is 1. The number of nitrogens with zero attached hydrogens (tertiary/aromatic N) is 1. The van der Waals surface area contributed by atoms with Gasteiger partial charge in [-0.2, -0.15) is 0 Å². The molecule has 1 aliphatic heterocycles. The summed E-state index contributed by atoms with van der Waals surface area (Å²) in [6.45, 7) is 19.5. The Labute approximate surface area is 420 Å². The van der Waals surface area contributed by atoms with Gasteiger partial charge in [0.15, 0.2) is 0 Å². The molecule has 70 heavy (non-hydrogen) atoms. The Balaban J connectivity index is 1.15. The van der Waals surface area contributed by atoms with Gasteiger partial charge in [0, 0.05) is 53.2 Å². The molecule has 15 heteroatoms. The van der Waals surface area contributed by atoms with Gasteiger partial charge < -0.3 is 40.0 Å². The zero-order chi connectivity index (χ0) is 51.2. The number of thioether (sulfide) groups is 1. The summed E-state index contributed by atoms with van der Waals surface area (Å²) < 4.78 is 22.6. The van der Waals surface area contributed by atoms with Crippen LogP contribution < -0.4 is 25.4 Å². The maximum absolute atomic E-state index is 14.1. The number of aliphatic hydroxyl groups is 1. The van der Waals surface area contributed by atoms with Gasteiger partial charge in [-0.25, -0.2) is 9.59 Å². The molecule has 3 amide bonds. The van der Waals surface area contributed by atoms with Crippen molar-refractivity contribution >= 4 is 41.6 Å². The lowest BCUT2D eigenvalue weighted by atomic mass is 9.72. The number of unbranched alkanes of at least 4 members (excludes halogenated alkanes) is 1. The number of esters is 2. The van der Waals surface area contributed by atoms with Crippen molar-refractivity contribution in [2.75, 3.05) is 25.4 Å². The van der Waals surface area contributed by atoms with Crippen LogP contribution in [0.3, 0.4) is 0 Å². The van der Waals surface area contributed by atoms with Crippen LogP contribution in [0.5, 0.6) is 11.5 Å². The van der Waals surface area contributed by atoms with Crippen molar-refractivity contribution < 1.29 is 48.0 Å². The molecule has 1 unspecified atom stereocenters. The van der Waals surface area contributed by atoms with Crippen LogP contribution in [0.2, 0.25) is 0 Å². The van der Waals surface area contributed by atoms with Gasteiger partial charge in [-0.3, -0.25) is 19.3 Å². The summed E-state index contributed by atoms with van der Waals surface area (Å²) in [5.74, 6) is 0.797. The summed E-state index contributed by atoms with van der Waals surface area (Å²) >= 11 is 1.54. The fourth-order valence-electron chi connectivity index (χ4n) is 8.87. The average Bonchev–Trinajstić information content (AvgIpc) is 3.27. The van der Waals surface area contributed by atoms with E-state index in [4.69, 9.17) is 18.9 Å². The van der Waals surface area contributed by atoms with E-state index in [1.165, 1.54) is 12.8 Å². The van der Waals surface area contributed by atoms with Crippen molar-refractivity contribution in [2.24, 2.45) is 11.8 Å². The van der Waals surface area contributed by atoms with E-state index in [9.17, 15) is 29.1 Å². The summed E-state index contributed by atoms with van der Waals surface area (Å²) in [7, 11) is 0. The van der Waals surface area contributed by atoms with E-state index in [0.717, 1.165) is 36.3 Å². The lowest BCUT2D eigenvalue weighted by Gasteiger charge is -2.47. The Hall–Kier alpha value is -5.12. The first-order valence-corrected chi connectivity index (χ1v) is 25.9. The maximum Gasteiger partial charge on any atom is 0.408 e. The number of hydrogen-bond acceptors (Lipinski definition) is 12. The summed E-state index contributed by atoms with van der Waals surface area (Å²) in [6.07, 6.45) is 5.03. The highest BCUT2D eigenvalue weighted by molar-refractivity contribution is 7.99.